The topological polar surface area (TPSA) is 46.6 Å². The van der Waals surface area contributed by atoms with Gasteiger partial charge < -0.3 is 9.64 Å². The second-order valence-corrected chi connectivity index (χ2v) is 6.13. The summed E-state index contributed by atoms with van der Waals surface area (Å²) in [7, 11) is 1.64. The summed E-state index contributed by atoms with van der Waals surface area (Å²) >= 11 is 0. The van der Waals surface area contributed by atoms with Gasteiger partial charge in [-0.3, -0.25) is 9.59 Å². The number of ketones is 1. The highest BCUT2D eigenvalue weighted by molar-refractivity contribution is 6.08. The van der Waals surface area contributed by atoms with Gasteiger partial charge in [0.2, 0.25) is 5.91 Å². The van der Waals surface area contributed by atoms with E-state index in [1.165, 1.54) is 0 Å². The highest BCUT2D eigenvalue weighted by atomic mass is 16.5. The molecule has 0 unspecified atom stereocenters. The van der Waals surface area contributed by atoms with Gasteiger partial charge in [0.25, 0.3) is 0 Å². The quantitative estimate of drug-likeness (QED) is 0.612. The molecule has 0 atom stereocenters. The summed E-state index contributed by atoms with van der Waals surface area (Å²) < 4.78 is 5.24. The summed E-state index contributed by atoms with van der Waals surface area (Å²) in [6, 6.07) is 13.0. The molecule has 1 saturated heterocycles. The SMILES string of the molecule is COc1ccc(/C=C/C(=O)c2cccc(N3CCCC3=O)c2)cc1C. The maximum Gasteiger partial charge on any atom is 0.227 e. The van der Waals surface area contributed by atoms with Crippen LogP contribution in [-0.2, 0) is 4.79 Å². The second kappa shape index (κ2) is 7.34. The predicted octanol–water partition coefficient (Wildman–Crippen LogP) is 4.03. The lowest BCUT2D eigenvalue weighted by Gasteiger charge is -2.16. The van der Waals surface area contributed by atoms with E-state index in [2.05, 4.69) is 0 Å². The molecule has 0 aliphatic carbocycles. The van der Waals surface area contributed by atoms with E-state index in [-0.39, 0.29) is 11.7 Å². The van der Waals surface area contributed by atoms with E-state index in [4.69, 9.17) is 4.74 Å². The first-order chi connectivity index (χ1) is 12.1. The normalized spacial score (nSPS) is 14.3. The van der Waals surface area contributed by atoms with Crippen molar-refractivity contribution in [3.05, 3.63) is 65.2 Å². The zero-order chi connectivity index (χ0) is 17.8. The minimum absolute atomic E-state index is 0.0815. The number of benzene rings is 2. The number of amides is 1. The Hall–Kier alpha value is -2.88. The van der Waals surface area contributed by atoms with Gasteiger partial charge in [-0.2, -0.15) is 0 Å². The lowest BCUT2D eigenvalue weighted by atomic mass is 10.1. The van der Waals surface area contributed by atoms with Crippen LogP contribution in [0.1, 0.15) is 34.3 Å². The summed E-state index contributed by atoms with van der Waals surface area (Å²) in [6.45, 7) is 2.69. The lowest BCUT2D eigenvalue weighted by Crippen LogP contribution is -2.23. The molecule has 4 nitrogen and oxygen atoms in total. The number of carbonyl (C=O) groups is 2. The molecule has 0 bridgehead atoms. The van der Waals surface area contributed by atoms with Crippen LogP contribution in [0.15, 0.2) is 48.5 Å². The van der Waals surface area contributed by atoms with E-state index in [0.717, 1.165) is 35.5 Å². The number of carbonyl (C=O) groups excluding carboxylic acids is 2. The van der Waals surface area contributed by atoms with Crippen molar-refractivity contribution in [2.45, 2.75) is 19.8 Å². The van der Waals surface area contributed by atoms with Crippen molar-refractivity contribution < 1.29 is 14.3 Å². The van der Waals surface area contributed by atoms with Crippen LogP contribution in [0.2, 0.25) is 0 Å². The van der Waals surface area contributed by atoms with Gasteiger partial charge in [0.15, 0.2) is 5.78 Å². The Balaban J connectivity index is 1.77. The Bertz CT molecular complexity index is 839. The van der Waals surface area contributed by atoms with Crippen LogP contribution >= 0.6 is 0 Å². The largest absolute Gasteiger partial charge is 0.496 e. The Morgan fingerprint density at radius 1 is 1.20 bits per heavy atom. The summed E-state index contributed by atoms with van der Waals surface area (Å²) in [5.74, 6) is 0.863. The number of allylic oxidation sites excluding steroid dienone is 1. The van der Waals surface area contributed by atoms with E-state index in [1.54, 1.807) is 36.3 Å². The molecule has 1 fully saturated rings. The van der Waals surface area contributed by atoms with Gasteiger partial charge in [0.1, 0.15) is 5.75 Å². The van der Waals surface area contributed by atoms with Crippen LogP contribution in [0, 0.1) is 6.92 Å². The first-order valence-corrected chi connectivity index (χ1v) is 8.36. The van der Waals surface area contributed by atoms with E-state index in [0.29, 0.717) is 12.0 Å². The molecule has 0 saturated carbocycles. The van der Waals surface area contributed by atoms with Crippen LogP contribution in [0.5, 0.6) is 5.75 Å². The molecule has 1 aliphatic heterocycles. The second-order valence-electron chi connectivity index (χ2n) is 6.13. The molecule has 0 radical (unpaired) electrons. The van der Waals surface area contributed by atoms with Crippen molar-refractivity contribution in [2.24, 2.45) is 0 Å². The standard InChI is InChI=1S/C21H21NO3/c1-15-13-16(9-11-20(15)25-2)8-10-19(23)17-5-3-6-18(14-17)22-12-4-7-21(22)24/h3,5-6,8-11,13-14H,4,7,12H2,1-2H3/b10-8+. The third kappa shape index (κ3) is 3.79. The van der Waals surface area contributed by atoms with Gasteiger partial charge in [-0.1, -0.05) is 24.3 Å². The number of ether oxygens (including phenoxy) is 1. The van der Waals surface area contributed by atoms with E-state index in [9.17, 15) is 9.59 Å². The van der Waals surface area contributed by atoms with Crippen molar-refractivity contribution in [1.29, 1.82) is 0 Å². The summed E-state index contributed by atoms with van der Waals surface area (Å²) in [5, 5.41) is 0. The molecule has 4 heteroatoms. The monoisotopic (exact) mass is 335 g/mol. The first kappa shape index (κ1) is 17.0. The van der Waals surface area contributed by atoms with Crippen molar-refractivity contribution in [3.63, 3.8) is 0 Å². The van der Waals surface area contributed by atoms with Crippen LogP contribution in [0.25, 0.3) is 6.08 Å². The minimum Gasteiger partial charge on any atom is -0.496 e. The molecule has 0 N–H and O–H groups in total. The molecular weight excluding hydrogens is 314 g/mol. The number of hydrogen-bond donors (Lipinski definition) is 0. The van der Waals surface area contributed by atoms with Crippen LogP contribution in [0.4, 0.5) is 5.69 Å². The molecule has 0 aromatic heterocycles. The van der Waals surface area contributed by atoms with Crippen LogP contribution < -0.4 is 9.64 Å². The number of nitrogens with zero attached hydrogens (tertiary/aromatic N) is 1. The van der Waals surface area contributed by atoms with Gasteiger partial charge in [-0.25, -0.2) is 0 Å². The fraction of sp³-hybridized carbons (Fsp3) is 0.238. The highest BCUT2D eigenvalue weighted by Crippen LogP contribution is 2.23. The van der Waals surface area contributed by atoms with E-state index >= 15 is 0 Å². The number of rotatable bonds is 5. The van der Waals surface area contributed by atoms with Crippen LogP contribution in [-0.4, -0.2) is 25.3 Å². The lowest BCUT2D eigenvalue weighted by molar-refractivity contribution is -0.117. The Labute approximate surface area is 147 Å². The number of methoxy groups -OCH3 is 1. The maximum absolute atomic E-state index is 12.5. The molecule has 128 valence electrons. The maximum atomic E-state index is 12.5. The predicted molar refractivity (Wildman–Crippen MR) is 99.1 cm³/mol. The zero-order valence-electron chi connectivity index (χ0n) is 14.5. The molecule has 0 spiro atoms. The molecule has 2 aromatic rings. The van der Waals surface area contributed by atoms with Crippen molar-refractivity contribution >= 4 is 23.5 Å². The summed E-state index contributed by atoms with van der Waals surface area (Å²) in [4.78, 5) is 26.1. The van der Waals surface area contributed by atoms with Gasteiger partial charge >= 0.3 is 0 Å². The van der Waals surface area contributed by atoms with Crippen molar-refractivity contribution in [3.8, 4) is 5.75 Å². The van der Waals surface area contributed by atoms with E-state index < -0.39 is 0 Å². The smallest absolute Gasteiger partial charge is 0.227 e. The molecule has 1 amide bonds. The Kier molecular flexibility index (Phi) is 4.98. The number of hydrogen-bond acceptors (Lipinski definition) is 3. The first-order valence-electron chi connectivity index (χ1n) is 8.36. The average Bonchev–Trinajstić information content (AvgIpc) is 3.06. The molecule has 1 aliphatic rings. The Morgan fingerprint density at radius 3 is 2.72 bits per heavy atom. The fourth-order valence-corrected chi connectivity index (χ4v) is 3.02. The Morgan fingerprint density at radius 2 is 2.04 bits per heavy atom. The molecular formula is C21H21NO3. The summed E-state index contributed by atoms with van der Waals surface area (Å²) in [6.07, 6.45) is 4.80. The molecule has 1 heterocycles. The third-order valence-corrected chi connectivity index (χ3v) is 4.36. The number of anilines is 1. The molecule has 2 aromatic carbocycles. The van der Waals surface area contributed by atoms with Gasteiger partial charge in [-0.05, 0) is 54.8 Å². The summed E-state index contributed by atoms with van der Waals surface area (Å²) in [5.41, 5.74) is 3.34. The van der Waals surface area contributed by atoms with Crippen LogP contribution in [0.3, 0.4) is 0 Å². The molecule has 3 rings (SSSR count). The van der Waals surface area contributed by atoms with Gasteiger partial charge in [0.05, 0.1) is 7.11 Å². The van der Waals surface area contributed by atoms with Gasteiger partial charge in [-0.15, -0.1) is 0 Å². The van der Waals surface area contributed by atoms with Gasteiger partial charge in [0, 0.05) is 24.2 Å². The fourth-order valence-electron chi connectivity index (χ4n) is 3.02. The van der Waals surface area contributed by atoms with E-state index in [1.807, 2.05) is 37.3 Å². The third-order valence-electron chi connectivity index (χ3n) is 4.36. The highest BCUT2D eigenvalue weighted by Gasteiger charge is 2.22. The molecule has 25 heavy (non-hydrogen) atoms. The van der Waals surface area contributed by atoms with Crippen molar-refractivity contribution in [1.82, 2.24) is 0 Å². The van der Waals surface area contributed by atoms with Crippen molar-refractivity contribution in [2.75, 3.05) is 18.6 Å². The average molecular weight is 335 g/mol. The number of aryl methyl sites for hydroxylation is 1. The minimum atomic E-state index is -0.0815. The zero-order valence-corrected chi connectivity index (χ0v) is 14.5.